The molecule has 1 aromatic rings. The second kappa shape index (κ2) is 6.39. The van der Waals surface area contributed by atoms with Gasteiger partial charge < -0.3 is 15.2 Å². The van der Waals surface area contributed by atoms with Crippen molar-refractivity contribution in [3.8, 4) is 0 Å². The highest BCUT2D eigenvalue weighted by Crippen LogP contribution is 2.28. The van der Waals surface area contributed by atoms with Gasteiger partial charge in [0, 0.05) is 31.5 Å². The van der Waals surface area contributed by atoms with Gasteiger partial charge in [0.15, 0.2) is 5.82 Å². The zero-order valence-electron chi connectivity index (χ0n) is 12.7. The van der Waals surface area contributed by atoms with E-state index in [0.29, 0.717) is 24.3 Å². The first-order valence-electron chi connectivity index (χ1n) is 7.56. The van der Waals surface area contributed by atoms with E-state index in [1.165, 1.54) is 12.8 Å². The van der Waals surface area contributed by atoms with Gasteiger partial charge in [-0.1, -0.05) is 12.8 Å². The van der Waals surface area contributed by atoms with Gasteiger partial charge in [-0.3, -0.25) is 4.79 Å². The van der Waals surface area contributed by atoms with Crippen LogP contribution in [0.3, 0.4) is 0 Å². The van der Waals surface area contributed by atoms with Gasteiger partial charge in [-0.2, -0.15) is 0 Å². The van der Waals surface area contributed by atoms with Crippen molar-refractivity contribution in [1.82, 2.24) is 9.55 Å². The van der Waals surface area contributed by atoms with Crippen molar-refractivity contribution < 1.29 is 0 Å². The third-order valence-electron chi connectivity index (χ3n) is 4.41. The van der Waals surface area contributed by atoms with Crippen molar-refractivity contribution in [3.05, 3.63) is 22.7 Å². The van der Waals surface area contributed by atoms with Crippen LogP contribution in [0, 0.1) is 5.92 Å². The average molecular weight is 278 g/mol. The van der Waals surface area contributed by atoms with Gasteiger partial charge in [0.25, 0.3) is 5.56 Å². The maximum atomic E-state index is 12.5. The van der Waals surface area contributed by atoms with Gasteiger partial charge in [-0.25, -0.2) is 4.98 Å². The molecule has 2 unspecified atom stereocenters. The number of hydrogen-bond acceptors (Lipinski definition) is 4. The lowest BCUT2D eigenvalue weighted by Gasteiger charge is -2.37. The van der Waals surface area contributed by atoms with Crippen molar-refractivity contribution in [3.63, 3.8) is 0 Å². The fourth-order valence-electron chi connectivity index (χ4n) is 3.19. The molecule has 0 bridgehead atoms. The molecule has 0 radical (unpaired) electrons. The highest BCUT2D eigenvalue weighted by Gasteiger charge is 2.29. The number of nitrogens with zero attached hydrogens (tertiary/aromatic N) is 3. The van der Waals surface area contributed by atoms with E-state index in [0.717, 1.165) is 12.8 Å². The predicted molar refractivity (Wildman–Crippen MR) is 82.1 cm³/mol. The Morgan fingerprint density at radius 2 is 2.15 bits per heavy atom. The van der Waals surface area contributed by atoms with Crippen LogP contribution in [0.25, 0.3) is 0 Å². The van der Waals surface area contributed by atoms with E-state index in [1.807, 2.05) is 20.9 Å². The number of anilines is 1. The second-order valence-corrected chi connectivity index (χ2v) is 6.02. The first-order chi connectivity index (χ1) is 9.56. The number of nitrogens with two attached hydrogens (primary N) is 1. The van der Waals surface area contributed by atoms with Gasteiger partial charge in [-0.15, -0.1) is 0 Å². The average Bonchev–Trinajstić information content (AvgIpc) is 2.46. The zero-order valence-corrected chi connectivity index (χ0v) is 12.7. The molecule has 2 atom stereocenters. The maximum absolute atomic E-state index is 12.5. The van der Waals surface area contributed by atoms with E-state index in [4.69, 9.17) is 5.73 Å². The number of aromatic nitrogens is 2. The Hall–Kier alpha value is -1.36. The predicted octanol–water partition coefficient (Wildman–Crippen LogP) is 1.78. The lowest BCUT2D eigenvalue weighted by molar-refractivity contribution is 0.305. The Morgan fingerprint density at radius 1 is 1.45 bits per heavy atom. The molecule has 112 valence electrons. The first-order valence-corrected chi connectivity index (χ1v) is 7.56. The van der Waals surface area contributed by atoms with Crippen LogP contribution >= 0.6 is 0 Å². The van der Waals surface area contributed by atoms with Crippen LogP contribution in [0.2, 0.25) is 0 Å². The summed E-state index contributed by atoms with van der Waals surface area (Å²) in [6.07, 6.45) is 8.16. The summed E-state index contributed by atoms with van der Waals surface area (Å²) in [6, 6.07) is 0.478. The van der Waals surface area contributed by atoms with E-state index in [9.17, 15) is 4.79 Å². The van der Waals surface area contributed by atoms with Crippen LogP contribution in [-0.2, 0) is 0 Å². The van der Waals surface area contributed by atoms with Gasteiger partial charge in [0.05, 0.1) is 0 Å². The first kappa shape index (κ1) is 15.0. The van der Waals surface area contributed by atoms with E-state index in [1.54, 1.807) is 17.0 Å². The Labute approximate surface area is 120 Å². The molecule has 1 aliphatic carbocycles. The fourth-order valence-corrected chi connectivity index (χ4v) is 3.19. The summed E-state index contributed by atoms with van der Waals surface area (Å²) in [5.74, 6) is 1.01. The zero-order chi connectivity index (χ0) is 14.7. The molecule has 5 nitrogen and oxygen atoms in total. The van der Waals surface area contributed by atoms with Crippen LogP contribution in [0.15, 0.2) is 17.2 Å². The summed E-state index contributed by atoms with van der Waals surface area (Å²) in [4.78, 5) is 18.9. The van der Waals surface area contributed by atoms with Crippen LogP contribution in [-0.4, -0.2) is 29.2 Å². The van der Waals surface area contributed by atoms with Crippen LogP contribution in [0.1, 0.15) is 45.6 Å². The Bertz CT molecular complexity index is 497. The minimum atomic E-state index is -0.00801. The van der Waals surface area contributed by atoms with Crippen molar-refractivity contribution in [2.75, 3.05) is 18.5 Å². The third-order valence-corrected chi connectivity index (χ3v) is 4.41. The van der Waals surface area contributed by atoms with Crippen LogP contribution in [0.4, 0.5) is 5.82 Å². The van der Waals surface area contributed by atoms with Crippen LogP contribution < -0.4 is 16.2 Å². The van der Waals surface area contributed by atoms with Crippen molar-refractivity contribution >= 4 is 5.82 Å². The molecular formula is C15H26N4O. The summed E-state index contributed by atoms with van der Waals surface area (Å²) < 4.78 is 1.74. The largest absolute Gasteiger partial charge is 0.352 e. The standard InChI is InChI=1S/C15H26N4O/c1-11(2)19-9-8-17-14(15(19)20)18(3)13-7-5-4-6-12(13)10-16/h8-9,11-13H,4-7,10,16H2,1-3H3. The number of hydrogen-bond donors (Lipinski definition) is 1. The smallest absolute Gasteiger partial charge is 0.293 e. The normalized spacial score (nSPS) is 23.1. The van der Waals surface area contributed by atoms with Crippen LogP contribution in [0.5, 0.6) is 0 Å². The summed E-state index contributed by atoms with van der Waals surface area (Å²) >= 11 is 0. The molecule has 0 saturated heterocycles. The summed E-state index contributed by atoms with van der Waals surface area (Å²) in [5.41, 5.74) is 5.89. The minimum absolute atomic E-state index is 0.00801. The minimum Gasteiger partial charge on any atom is -0.352 e. The Balaban J connectivity index is 2.30. The summed E-state index contributed by atoms with van der Waals surface area (Å²) in [5, 5.41) is 0. The molecule has 1 aliphatic rings. The quantitative estimate of drug-likeness (QED) is 0.912. The third kappa shape index (κ3) is 2.87. The highest BCUT2D eigenvalue weighted by atomic mass is 16.1. The monoisotopic (exact) mass is 278 g/mol. The molecule has 1 heterocycles. The fraction of sp³-hybridized carbons (Fsp3) is 0.733. The van der Waals surface area contributed by atoms with Gasteiger partial charge in [-0.05, 0) is 39.2 Å². The van der Waals surface area contributed by atoms with Crippen molar-refractivity contribution in [1.29, 1.82) is 0 Å². The van der Waals surface area contributed by atoms with E-state index >= 15 is 0 Å². The molecule has 1 aromatic heterocycles. The van der Waals surface area contributed by atoms with Crippen molar-refractivity contribution in [2.45, 2.75) is 51.6 Å². The number of rotatable bonds is 4. The Morgan fingerprint density at radius 3 is 2.80 bits per heavy atom. The summed E-state index contributed by atoms with van der Waals surface area (Å²) in [7, 11) is 1.98. The lowest BCUT2D eigenvalue weighted by Crippen LogP contribution is -2.46. The second-order valence-electron chi connectivity index (χ2n) is 6.02. The topological polar surface area (TPSA) is 64.2 Å². The molecule has 0 aromatic carbocycles. The summed E-state index contributed by atoms with van der Waals surface area (Å²) in [6.45, 7) is 4.70. The van der Waals surface area contributed by atoms with E-state index in [-0.39, 0.29) is 11.6 Å². The van der Waals surface area contributed by atoms with E-state index in [2.05, 4.69) is 9.88 Å². The molecule has 20 heavy (non-hydrogen) atoms. The molecule has 0 amide bonds. The lowest BCUT2D eigenvalue weighted by atomic mass is 9.84. The molecule has 2 N–H and O–H groups in total. The molecular weight excluding hydrogens is 252 g/mol. The molecule has 1 saturated carbocycles. The van der Waals surface area contributed by atoms with Gasteiger partial charge in [0.2, 0.25) is 0 Å². The molecule has 5 heteroatoms. The van der Waals surface area contributed by atoms with Crippen molar-refractivity contribution in [2.24, 2.45) is 11.7 Å². The van der Waals surface area contributed by atoms with E-state index < -0.39 is 0 Å². The molecule has 1 fully saturated rings. The SMILES string of the molecule is CC(C)n1ccnc(N(C)C2CCCCC2CN)c1=O. The van der Waals surface area contributed by atoms with Gasteiger partial charge >= 0.3 is 0 Å². The molecule has 0 spiro atoms. The molecule has 0 aliphatic heterocycles. The maximum Gasteiger partial charge on any atom is 0.293 e. The highest BCUT2D eigenvalue weighted by molar-refractivity contribution is 5.36. The Kier molecular flexibility index (Phi) is 4.81. The van der Waals surface area contributed by atoms with Gasteiger partial charge in [0.1, 0.15) is 0 Å². The molecule has 2 rings (SSSR count).